The maximum atomic E-state index is 13.3. The van der Waals surface area contributed by atoms with Gasteiger partial charge in [-0.05, 0) is 55.0 Å². The molecule has 2 aliphatic rings. The third-order valence-electron chi connectivity index (χ3n) is 6.72. The number of halogens is 1. The minimum atomic E-state index is -1.11. The van der Waals surface area contributed by atoms with Gasteiger partial charge in [0, 0.05) is 55.9 Å². The van der Waals surface area contributed by atoms with Crippen LogP contribution in [0.4, 0.5) is 5.69 Å². The van der Waals surface area contributed by atoms with Crippen LogP contribution in [-0.4, -0.2) is 72.1 Å². The van der Waals surface area contributed by atoms with Gasteiger partial charge in [0.15, 0.2) is 0 Å². The lowest BCUT2D eigenvalue weighted by molar-refractivity contribution is -0.146. The summed E-state index contributed by atoms with van der Waals surface area (Å²) in [6.07, 6.45) is 3.44. The molecule has 1 aliphatic heterocycles. The molecule has 0 unspecified atom stereocenters. The second-order valence-electron chi connectivity index (χ2n) is 9.70. The molecule has 1 fully saturated rings. The van der Waals surface area contributed by atoms with E-state index in [9.17, 15) is 14.4 Å². The summed E-state index contributed by atoms with van der Waals surface area (Å²) in [5.74, 6) is -1.15. The first-order valence-electron chi connectivity index (χ1n) is 12.8. The molecule has 0 atom stereocenters. The van der Waals surface area contributed by atoms with E-state index in [0.717, 1.165) is 62.1 Å². The number of carboxylic acid groups (broad SMARTS) is 1. The molecule has 2 amide bonds. The van der Waals surface area contributed by atoms with E-state index in [1.54, 1.807) is 4.90 Å². The van der Waals surface area contributed by atoms with E-state index in [1.807, 2.05) is 53.4 Å². The van der Waals surface area contributed by atoms with Gasteiger partial charge in [-0.2, -0.15) is 0 Å². The number of benzene rings is 2. The number of hydrogen-bond acceptors (Lipinski definition) is 5. The Balaban J connectivity index is 1.56. The van der Waals surface area contributed by atoms with E-state index in [-0.39, 0.29) is 24.3 Å². The number of carbonyl (C=O) groups excluding carboxylic acids is 2. The van der Waals surface area contributed by atoms with Crippen LogP contribution >= 0.6 is 11.6 Å². The van der Waals surface area contributed by atoms with Crippen LogP contribution in [0, 0.1) is 5.92 Å². The van der Waals surface area contributed by atoms with Crippen LogP contribution in [0.15, 0.2) is 48.5 Å². The number of ether oxygens (including phenoxy) is 1. The first kappa shape index (κ1) is 27.1. The Morgan fingerprint density at radius 3 is 2.32 bits per heavy atom. The molecule has 0 saturated heterocycles. The molecule has 0 aromatic heterocycles. The van der Waals surface area contributed by atoms with Crippen LogP contribution in [0.5, 0.6) is 0 Å². The van der Waals surface area contributed by atoms with Crippen molar-refractivity contribution in [2.24, 2.45) is 5.92 Å². The highest BCUT2D eigenvalue weighted by Gasteiger charge is 2.35. The molecule has 1 N–H and O–H groups in total. The number of nitrogens with zero attached hydrogens (tertiary/aromatic N) is 3. The summed E-state index contributed by atoms with van der Waals surface area (Å²) in [7, 11) is 0. The van der Waals surface area contributed by atoms with Crippen molar-refractivity contribution in [3.05, 3.63) is 64.7 Å². The fourth-order valence-corrected chi connectivity index (χ4v) is 4.80. The van der Waals surface area contributed by atoms with Gasteiger partial charge in [-0.25, -0.2) is 4.79 Å². The second kappa shape index (κ2) is 13.0. The van der Waals surface area contributed by atoms with E-state index in [2.05, 4.69) is 4.90 Å². The minimum Gasteiger partial charge on any atom is -0.480 e. The summed E-state index contributed by atoms with van der Waals surface area (Å²) in [4.78, 5) is 43.2. The predicted octanol–water partition coefficient (Wildman–Crippen LogP) is 3.81. The van der Waals surface area contributed by atoms with E-state index >= 15 is 0 Å². The van der Waals surface area contributed by atoms with Gasteiger partial charge in [0.2, 0.25) is 11.8 Å². The lowest BCUT2D eigenvalue weighted by atomic mass is 10.1. The molecule has 0 radical (unpaired) electrons. The average Bonchev–Trinajstić information content (AvgIpc) is 3.72. The van der Waals surface area contributed by atoms with Gasteiger partial charge in [0.05, 0.1) is 0 Å². The monoisotopic (exact) mass is 527 g/mol. The van der Waals surface area contributed by atoms with Crippen molar-refractivity contribution in [3.8, 4) is 0 Å². The van der Waals surface area contributed by atoms with Crippen LogP contribution in [0.3, 0.4) is 0 Å². The highest BCUT2D eigenvalue weighted by Crippen LogP contribution is 2.34. The molecule has 0 spiro atoms. The molecule has 1 heterocycles. The Hall–Kier alpha value is -2.94. The molecular weight excluding hydrogens is 494 g/mol. The summed E-state index contributed by atoms with van der Waals surface area (Å²) in [5.41, 5.74) is 2.90. The largest absolute Gasteiger partial charge is 0.480 e. The maximum absolute atomic E-state index is 13.3. The lowest BCUT2D eigenvalue weighted by Crippen LogP contribution is -2.40. The molecule has 2 aromatic rings. The minimum absolute atomic E-state index is 0.0771. The molecular formula is C28H34ClN3O5. The highest BCUT2D eigenvalue weighted by molar-refractivity contribution is 6.30. The third-order valence-corrected chi connectivity index (χ3v) is 6.97. The second-order valence-corrected chi connectivity index (χ2v) is 10.1. The Morgan fingerprint density at radius 1 is 0.919 bits per heavy atom. The van der Waals surface area contributed by atoms with E-state index in [0.29, 0.717) is 24.7 Å². The fourth-order valence-electron chi connectivity index (χ4n) is 4.68. The zero-order valence-corrected chi connectivity index (χ0v) is 21.7. The molecule has 4 rings (SSSR count). The van der Waals surface area contributed by atoms with Gasteiger partial charge in [-0.1, -0.05) is 41.9 Å². The number of carboxylic acids is 1. The van der Waals surface area contributed by atoms with Crippen LogP contribution in [0.2, 0.25) is 5.02 Å². The number of para-hydroxylation sites is 1. The van der Waals surface area contributed by atoms with Crippen LogP contribution in [0.1, 0.15) is 36.8 Å². The van der Waals surface area contributed by atoms with E-state index in [4.69, 9.17) is 21.4 Å². The van der Waals surface area contributed by atoms with Gasteiger partial charge in [0.1, 0.15) is 13.2 Å². The molecule has 8 nitrogen and oxygen atoms in total. The zero-order valence-electron chi connectivity index (χ0n) is 21.0. The highest BCUT2D eigenvalue weighted by atomic mass is 35.5. The van der Waals surface area contributed by atoms with Crippen molar-refractivity contribution in [1.29, 1.82) is 0 Å². The van der Waals surface area contributed by atoms with Gasteiger partial charge in [-0.3, -0.25) is 14.5 Å². The number of aliphatic carboxylic acids is 1. The fraction of sp³-hybridized carbons (Fsp3) is 0.464. The zero-order chi connectivity index (χ0) is 26.2. The maximum Gasteiger partial charge on any atom is 0.329 e. The summed E-state index contributed by atoms with van der Waals surface area (Å²) in [5, 5.41) is 9.57. The van der Waals surface area contributed by atoms with Crippen molar-refractivity contribution in [1.82, 2.24) is 9.80 Å². The van der Waals surface area contributed by atoms with Crippen molar-refractivity contribution in [2.45, 2.75) is 38.8 Å². The van der Waals surface area contributed by atoms with E-state index < -0.39 is 12.6 Å². The van der Waals surface area contributed by atoms with Crippen molar-refractivity contribution in [2.75, 3.05) is 44.3 Å². The summed E-state index contributed by atoms with van der Waals surface area (Å²) in [6, 6.07) is 15.6. The van der Waals surface area contributed by atoms with Crippen molar-refractivity contribution in [3.63, 3.8) is 0 Å². The molecule has 198 valence electrons. The first-order chi connectivity index (χ1) is 17.9. The number of amides is 2. The van der Waals surface area contributed by atoms with Gasteiger partial charge in [0.25, 0.3) is 0 Å². The van der Waals surface area contributed by atoms with Gasteiger partial charge in [-0.15, -0.1) is 0 Å². The smallest absolute Gasteiger partial charge is 0.329 e. The summed E-state index contributed by atoms with van der Waals surface area (Å²) >= 11 is 6.06. The van der Waals surface area contributed by atoms with Crippen molar-refractivity contribution >= 4 is 35.1 Å². The number of anilines is 1. The van der Waals surface area contributed by atoms with Gasteiger partial charge < -0.3 is 19.6 Å². The van der Waals surface area contributed by atoms with Crippen LogP contribution < -0.4 is 4.90 Å². The van der Waals surface area contributed by atoms with E-state index in [1.165, 1.54) is 0 Å². The Bertz CT molecular complexity index is 1090. The average molecular weight is 528 g/mol. The topological polar surface area (TPSA) is 90.4 Å². The molecule has 37 heavy (non-hydrogen) atoms. The Morgan fingerprint density at radius 2 is 1.62 bits per heavy atom. The van der Waals surface area contributed by atoms with Crippen molar-refractivity contribution < 1.29 is 24.2 Å². The SMILES string of the molecule is O=C(O)COCC(=O)N1CCCN(Cc2ccc(Cl)cc2)CCCN(C(=O)C2CC2)c2ccccc2C1. The summed E-state index contributed by atoms with van der Waals surface area (Å²) in [6.45, 7) is 2.96. The molecule has 9 heteroatoms. The first-order valence-corrected chi connectivity index (χ1v) is 13.2. The number of rotatable bonds is 7. The molecule has 1 saturated carbocycles. The number of hydrogen-bond donors (Lipinski definition) is 1. The van der Waals surface area contributed by atoms with Gasteiger partial charge >= 0.3 is 5.97 Å². The molecule has 0 bridgehead atoms. The normalized spacial score (nSPS) is 17.4. The Kier molecular flexibility index (Phi) is 9.55. The lowest BCUT2D eigenvalue weighted by Gasteiger charge is -2.32. The van der Waals surface area contributed by atoms with Crippen LogP contribution in [-0.2, 0) is 32.2 Å². The third kappa shape index (κ3) is 8.02. The molecule has 1 aliphatic carbocycles. The summed E-state index contributed by atoms with van der Waals surface area (Å²) < 4.78 is 5.10. The molecule has 2 aromatic carbocycles. The number of fused-ring (bicyclic) bond motifs is 1. The standard InChI is InChI=1S/C28H34ClN3O5/c29-24-11-7-21(8-12-24)17-30-13-3-15-31(26(33)19-37-20-27(34)35)18-23-5-1-2-6-25(23)32(16-4-14-30)28(36)22-9-10-22/h1-2,5-8,11-12,22H,3-4,9-10,13-20H2,(H,34,35). The Labute approximate surface area is 222 Å². The predicted molar refractivity (Wildman–Crippen MR) is 141 cm³/mol. The quantitative estimate of drug-likeness (QED) is 0.589. The van der Waals surface area contributed by atoms with Crippen LogP contribution in [0.25, 0.3) is 0 Å². The number of carbonyl (C=O) groups is 3.